The third-order valence-corrected chi connectivity index (χ3v) is 5.51. The van der Waals surface area contributed by atoms with Crippen LogP contribution in [0.15, 0.2) is 93.7 Å². The van der Waals surface area contributed by atoms with Crippen LogP contribution in [0.1, 0.15) is 6.42 Å². The highest BCUT2D eigenvalue weighted by molar-refractivity contribution is 5.81. The van der Waals surface area contributed by atoms with Gasteiger partial charge in [0.2, 0.25) is 5.89 Å². The Morgan fingerprint density at radius 2 is 1.60 bits per heavy atom. The van der Waals surface area contributed by atoms with Crippen LogP contribution in [0, 0.1) is 0 Å². The summed E-state index contributed by atoms with van der Waals surface area (Å²) in [4.78, 5) is 17.0. The van der Waals surface area contributed by atoms with Gasteiger partial charge in [-0.1, -0.05) is 0 Å². The Morgan fingerprint density at radius 3 is 2.29 bits per heavy atom. The summed E-state index contributed by atoms with van der Waals surface area (Å²) >= 11 is 0. The van der Waals surface area contributed by atoms with Crippen LogP contribution in [-0.2, 0) is 4.74 Å². The monoisotopic (exact) mass is 468 g/mol. The second-order valence-electron chi connectivity index (χ2n) is 8.02. The van der Waals surface area contributed by atoms with Gasteiger partial charge in [0.15, 0.2) is 5.60 Å². The van der Waals surface area contributed by atoms with E-state index in [-0.39, 0.29) is 0 Å². The summed E-state index contributed by atoms with van der Waals surface area (Å²) in [5, 5.41) is 0. The highest BCUT2D eigenvalue weighted by Gasteiger charge is 2.31. The summed E-state index contributed by atoms with van der Waals surface area (Å²) < 4.78 is 23.1. The predicted octanol–water partition coefficient (Wildman–Crippen LogP) is 5.46. The van der Waals surface area contributed by atoms with Crippen molar-refractivity contribution in [2.75, 3.05) is 20.3 Å². The Kier molecular flexibility index (Phi) is 6.63. The van der Waals surface area contributed by atoms with Crippen molar-refractivity contribution in [1.29, 1.82) is 0 Å². The fourth-order valence-electron chi connectivity index (χ4n) is 3.65. The second kappa shape index (κ2) is 10.3. The minimum absolute atomic E-state index is 0.499. The molecule has 2 aromatic heterocycles. The summed E-state index contributed by atoms with van der Waals surface area (Å²) in [5.74, 6) is 2.65. The van der Waals surface area contributed by atoms with Crippen LogP contribution in [0.4, 0.5) is 0 Å². The van der Waals surface area contributed by atoms with Gasteiger partial charge in [0.25, 0.3) is 0 Å². The van der Waals surface area contributed by atoms with Gasteiger partial charge in [0.1, 0.15) is 35.5 Å². The molecule has 4 aromatic rings. The Labute approximate surface area is 203 Å². The number of pyridine rings is 1. The molecule has 0 aliphatic carbocycles. The van der Waals surface area contributed by atoms with E-state index < -0.39 is 5.60 Å². The van der Waals surface area contributed by atoms with Crippen molar-refractivity contribution in [1.82, 2.24) is 9.97 Å². The summed E-state index contributed by atoms with van der Waals surface area (Å²) in [6, 6.07) is 18.9. The molecule has 0 amide bonds. The molecule has 0 spiro atoms. The van der Waals surface area contributed by atoms with Gasteiger partial charge in [0, 0.05) is 37.1 Å². The third kappa shape index (κ3) is 5.44. The number of methoxy groups -OCH3 is 1. The summed E-state index contributed by atoms with van der Waals surface area (Å²) in [7, 11) is 1.67. The maximum atomic E-state index is 6.23. The molecule has 0 N–H and O–H groups in total. The third-order valence-electron chi connectivity index (χ3n) is 5.51. The normalized spacial score (nSPS) is 16.8. The number of oxazole rings is 1. The lowest BCUT2D eigenvalue weighted by Gasteiger charge is -2.30. The molecule has 5 rings (SSSR count). The van der Waals surface area contributed by atoms with E-state index in [0.29, 0.717) is 42.7 Å². The number of ether oxygens (including phenoxy) is 3. The lowest BCUT2D eigenvalue weighted by atomic mass is 10.0. The Hall–Kier alpha value is -4.30. The molecule has 0 bridgehead atoms. The average molecular weight is 469 g/mol. The van der Waals surface area contributed by atoms with Crippen LogP contribution in [0.5, 0.6) is 17.2 Å². The fraction of sp³-hybridized carbons (Fsp3) is 0.185. The van der Waals surface area contributed by atoms with Gasteiger partial charge in [0.05, 0.1) is 19.4 Å². The Balaban J connectivity index is 1.23. The van der Waals surface area contributed by atoms with Crippen LogP contribution in [0.3, 0.4) is 0 Å². The summed E-state index contributed by atoms with van der Waals surface area (Å²) in [6.07, 6.45) is 9.09. The van der Waals surface area contributed by atoms with E-state index in [1.165, 1.54) is 0 Å². The van der Waals surface area contributed by atoms with Crippen molar-refractivity contribution in [3.8, 4) is 40.0 Å². The second-order valence-corrected chi connectivity index (χ2v) is 8.02. The standard InChI is InChI=1S/C27H24N4O4/c1-32-15-12-27(17-29-19-30-18-27)35-24-8-6-23(7-9-24)34-22-4-2-21(3-5-22)26-31-25(16-33-26)20-10-13-28-14-11-20/h2-11,13-14,16-17,19H,12,15,18H2,1H3. The average Bonchev–Trinajstić information content (AvgIpc) is 3.41. The molecule has 1 aliphatic heterocycles. The van der Waals surface area contributed by atoms with Gasteiger partial charge in [-0.25, -0.2) is 9.98 Å². The molecule has 35 heavy (non-hydrogen) atoms. The van der Waals surface area contributed by atoms with E-state index in [4.69, 9.17) is 18.6 Å². The van der Waals surface area contributed by atoms with Crippen LogP contribution >= 0.6 is 0 Å². The number of aliphatic imine (C=N–C) groups is 2. The quantitative estimate of drug-likeness (QED) is 0.324. The smallest absolute Gasteiger partial charge is 0.226 e. The van der Waals surface area contributed by atoms with Gasteiger partial charge < -0.3 is 18.6 Å². The van der Waals surface area contributed by atoms with Crippen LogP contribution in [0.2, 0.25) is 0 Å². The lowest BCUT2D eigenvalue weighted by molar-refractivity contribution is 0.0952. The van der Waals surface area contributed by atoms with Gasteiger partial charge in [-0.3, -0.25) is 9.98 Å². The predicted molar refractivity (Wildman–Crippen MR) is 133 cm³/mol. The van der Waals surface area contributed by atoms with E-state index in [1.54, 1.807) is 38.3 Å². The molecule has 8 nitrogen and oxygen atoms in total. The molecule has 1 atom stereocenters. The topological polar surface area (TPSA) is 91.3 Å². The van der Waals surface area contributed by atoms with Crippen molar-refractivity contribution in [2.24, 2.45) is 9.98 Å². The first-order chi connectivity index (χ1) is 17.2. The molecule has 3 heterocycles. The number of hydrogen-bond acceptors (Lipinski definition) is 8. The van der Waals surface area contributed by atoms with Crippen LogP contribution < -0.4 is 9.47 Å². The van der Waals surface area contributed by atoms with Crippen molar-refractivity contribution in [2.45, 2.75) is 12.0 Å². The van der Waals surface area contributed by atoms with Crippen LogP contribution in [0.25, 0.3) is 22.7 Å². The molecule has 8 heteroatoms. The Morgan fingerprint density at radius 1 is 0.886 bits per heavy atom. The van der Waals surface area contributed by atoms with E-state index in [0.717, 1.165) is 16.8 Å². The minimum Gasteiger partial charge on any atom is -0.480 e. The number of nitrogens with zero attached hydrogens (tertiary/aromatic N) is 4. The zero-order chi connectivity index (χ0) is 23.9. The summed E-state index contributed by atoms with van der Waals surface area (Å²) in [5.41, 5.74) is 1.97. The largest absolute Gasteiger partial charge is 0.480 e. The minimum atomic E-state index is -0.611. The Bertz CT molecular complexity index is 1300. The van der Waals surface area contributed by atoms with Crippen molar-refractivity contribution in [3.05, 3.63) is 79.3 Å². The number of rotatable bonds is 9. The maximum absolute atomic E-state index is 6.23. The van der Waals surface area contributed by atoms with Crippen molar-refractivity contribution in [3.63, 3.8) is 0 Å². The molecule has 2 aromatic carbocycles. The molecule has 176 valence electrons. The molecular weight excluding hydrogens is 444 g/mol. The van der Waals surface area contributed by atoms with E-state index in [2.05, 4.69) is 20.0 Å². The van der Waals surface area contributed by atoms with Gasteiger partial charge in [-0.15, -0.1) is 0 Å². The summed E-state index contributed by atoms with van der Waals surface area (Å²) in [6.45, 7) is 1.05. The SMILES string of the molecule is COCCC1(Oc2ccc(Oc3ccc(-c4nc(-c5ccncc5)co4)cc3)cc2)C=NC=NC1. The van der Waals surface area contributed by atoms with Gasteiger partial charge in [-0.2, -0.15) is 0 Å². The number of benzene rings is 2. The first-order valence-corrected chi connectivity index (χ1v) is 11.2. The van der Waals surface area contributed by atoms with E-state index in [9.17, 15) is 0 Å². The van der Waals surface area contributed by atoms with Crippen molar-refractivity contribution < 1.29 is 18.6 Å². The maximum Gasteiger partial charge on any atom is 0.226 e. The molecule has 1 unspecified atom stereocenters. The molecule has 1 aliphatic rings. The van der Waals surface area contributed by atoms with E-state index in [1.807, 2.05) is 60.7 Å². The van der Waals surface area contributed by atoms with E-state index >= 15 is 0 Å². The molecule has 0 saturated carbocycles. The molecular formula is C27H24N4O4. The fourth-order valence-corrected chi connectivity index (χ4v) is 3.65. The van der Waals surface area contributed by atoms with Gasteiger partial charge in [-0.05, 0) is 60.7 Å². The zero-order valence-electron chi connectivity index (χ0n) is 19.2. The van der Waals surface area contributed by atoms with Crippen LogP contribution in [-0.4, -0.2) is 48.4 Å². The lowest BCUT2D eigenvalue weighted by Crippen LogP contribution is -2.43. The number of hydrogen-bond donors (Lipinski definition) is 0. The first-order valence-electron chi connectivity index (χ1n) is 11.2. The highest BCUT2D eigenvalue weighted by Crippen LogP contribution is 2.30. The molecule has 0 saturated heterocycles. The highest BCUT2D eigenvalue weighted by atomic mass is 16.5. The van der Waals surface area contributed by atoms with Gasteiger partial charge >= 0.3 is 0 Å². The zero-order valence-corrected chi connectivity index (χ0v) is 19.2. The first kappa shape index (κ1) is 22.5. The molecule has 0 radical (unpaired) electrons. The number of aromatic nitrogens is 2. The van der Waals surface area contributed by atoms with Crippen molar-refractivity contribution >= 4 is 12.6 Å². The molecule has 0 fully saturated rings.